The number of nitrogens with zero attached hydrogens (tertiary/aromatic N) is 3. The van der Waals surface area contributed by atoms with Crippen LogP contribution < -0.4 is 5.32 Å². The molecule has 0 amide bonds. The minimum atomic E-state index is -1.23. The zero-order valence-corrected chi connectivity index (χ0v) is 20.6. The first kappa shape index (κ1) is 23.4. The zero-order chi connectivity index (χ0) is 23.0. The quantitative estimate of drug-likeness (QED) is 0.335. The summed E-state index contributed by atoms with van der Waals surface area (Å²) < 4.78 is 0. The van der Waals surface area contributed by atoms with Crippen molar-refractivity contribution >= 4 is 33.2 Å². The molecule has 2 N–H and O–H groups in total. The Hall–Kier alpha value is -1.81. The highest BCUT2D eigenvalue weighted by atomic mass is 33.1. The first-order valence-electron chi connectivity index (χ1n) is 10.9. The van der Waals surface area contributed by atoms with Gasteiger partial charge < -0.3 is 20.2 Å². The van der Waals surface area contributed by atoms with E-state index >= 15 is 0 Å². The molecule has 1 fully saturated rings. The highest BCUT2D eigenvalue weighted by Crippen LogP contribution is 2.51. The summed E-state index contributed by atoms with van der Waals surface area (Å²) in [6.07, 6.45) is 3.39. The average Bonchev–Trinajstić information content (AvgIpc) is 3.23. The molecular formula is C23H30N4O3S2. The molecule has 1 aliphatic carbocycles. The number of ketones is 2. The molecule has 2 aliphatic heterocycles. The molecule has 1 aromatic rings. The highest BCUT2D eigenvalue weighted by molar-refractivity contribution is 8.76. The van der Waals surface area contributed by atoms with Gasteiger partial charge in [0.25, 0.3) is 0 Å². The smallest absolute Gasteiger partial charge is 0.207 e. The van der Waals surface area contributed by atoms with E-state index in [-0.39, 0.29) is 17.6 Å². The molecular weight excluding hydrogens is 444 g/mol. The van der Waals surface area contributed by atoms with Gasteiger partial charge in [0.1, 0.15) is 5.03 Å². The second-order valence-corrected chi connectivity index (χ2v) is 11.1. The van der Waals surface area contributed by atoms with Crippen LogP contribution in [0.5, 0.6) is 0 Å². The van der Waals surface area contributed by atoms with Crippen LogP contribution in [0, 0.1) is 5.92 Å². The summed E-state index contributed by atoms with van der Waals surface area (Å²) in [7, 11) is 7.21. The van der Waals surface area contributed by atoms with Crippen molar-refractivity contribution in [3.05, 3.63) is 46.9 Å². The van der Waals surface area contributed by atoms with Crippen molar-refractivity contribution in [2.24, 2.45) is 5.92 Å². The lowest BCUT2D eigenvalue weighted by Crippen LogP contribution is -2.56. The van der Waals surface area contributed by atoms with Gasteiger partial charge in [0.2, 0.25) is 11.6 Å². The van der Waals surface area contributed by atoms with E-state index in [4.69, 9.17) is 0 Å². The largest absolute Gasteiger partial charge is 0.382 e. The third-order valence-electron chi connectivity index (χ3n) is 6.66. The number of hydrogen-bond donors (Lipinski definition) is 2. The topological polar surface area (TPSA) is 85.8 Å². The van der Waals surface area contributed by atoms with Crippen LogP contribution in [0.2, 0.25) is 0 Å². The van der Waals surface area contributed by atoms with Crippen LogP contribution in [0.3, 0.4) is 0 Å². The van der Waals surface area contributed by atoms with Crippen LogP contribution in [-0.4, -0.2) is 76.2 Å². The number of carbonyl (C=O) groups is 2. The monoisotopic (exact) mass is 474 g/mol. The number of allylic oxidation sites excluding steroid dienone is 2. The van der Waals surface area contributed by atoms with Gasteiger partial charge in [0, 0.05) is 42.1 Å². The molecule has 172 valence electrons. The van der Waals surface area contributed by atoms with Gasteiger partial charge in [-0.2, -0.15) is 0 Å². The lowest BCUT2D eigenvalue weighted by atomic mass is 9.82. The number of hydrogen-bond acceptors (Lipinski definition) is 9. The lowest BCUT2D eigenvalue weighted by Gasteiger charge is -2.40. The zero-order valence-electron chi connectivity index (χ0n) is 18.9. The predicted molar refractivity (Wildman–Crippen MR) is 128 cm³/mol. The molecule has 0 saturated carbocycles. The van der Waals surface area contributed by atoms with E-state index in [0.29, 0.717) is 35.6 Å². The van der Waals surface area contributed by atoms with Gasteiger partial charge in [0.05, 0.1) is 17.4 Å². The third-order valence-corrected chi connectivity index (χ3v) is 9.01. The number of aromatic nitrogens is 1. The number of pyridine rings is 1. The minimum Gasteiger partial charge on any atom is -0.382 e. The molecule has 0 radical (unpaired) electrons. The maximum Gasteiger partial charge on any atom is 0.207 e. The SMILES string of the molecule is CC1=C(NCCCSSc2ccccn2)C(=O)C2=C(C1=O)N1CCC(N(C)C)[C@@]1(O)[C@H]2C. The van der Waals surface area contributed by atoms with Crippen molar-refractivity contribution in [3.8, 4) is 0 Å². The molecule has 3 atom stereocenters. The maximum absolute atomic E-state index is 13.4. The van der Waals surface area contributed by atoms with Crippen molar-refractivity contribution in [2.45, 2.75) is 43.5 Å². The Labute approximate surface area is 197 Å². The van der Waals surface area contributed by atoms with E-state index in [1.165, 1.54) is 0 Å². The summed E-state index contributed by atoms with van der Waals surface area (Å²) in [5, 5.41) is 15.8. The molecule has 9 heteroatoms. The van der Waals surface area contributed by atoms with Gasteiger partial charge in [0.15, 0.2) is 5.72 Å². The van der Waals surface area contributed by atoms with Gasteiger partial charge in [-0.15, -0.1) is 0 Å². The van der Waals surface area contributed by atoms with E-state index in [9.17, 15) is 14.7 Å². The van der Waals surface area contributed by atoms with Crippen molar-refractivity contribution in [1.82, 2.24) is 20.1 Å². The standard InChI is InChI=1S/C23H30N4O3S2/c1-14-19(25-11-7-13-31-32-17-8-5-6-10-24-17)22(29)18-15(2)23(30)16(26(3)4)9-12-27(23)20(18)21(14)28/h5-6,8,10,15-16,25,30H,7,9,11-13H2,1-4H3/t15-,16?,23-/m0/s1. The van der Waals surface area contributed by atoms with Gasteiger partial charge >= 0.3 is 0 Å². The number of fused-ring (bicyclic) bond motifs is 2. The molecule has 3 heterocycles. The number of rotatable bonds is 8. The Morgan fingerprint density at radius 1 is 1.31 bits per heavy atom. The molecule has 1 saturated heterocycles. The summed E-state index contributed by atoms with van der Waals surface area (Å²) >= 11 is 0. The summed E-state index contributed by atoms with van der Waals surface area (Å²) in [5.74, 6) is 0.161. The fourth-order valence-electron chi connectivity index (χ4n) is 5.04. The van der Waals surface area contributed by atoms with E-state index in [0.717, 1.165) is 23.6 Å². The Morgan fingerprint density at radius 2 is 2.09 bits per heavy atom. The predicted octanol–water partition coefficient (Wildman–Crippen LogP) is 2.46. The first-order valence-corrected chi connectivity index (χ1v) is 13.3. The van der Waals surface area contributed by atoms with Crippen molar-refractivity contribution in [2.75, 3.05) is 32.9 Å². The summed E-state index contributed by atoms with van der Waals surface area (Å²) in [4.78, 5) is 34.8. The van der Waals surface area contributed by atoms with Gasteiger partial charge in [-0.1, -0.05) is 23.8 Å². The first-order chi connectivity index (χ1) is 15.3. The number of nitrogens with one attached hydrogen (secondary N) is 1. The van der Waals surface area contributed by atoms with Crippen molar-refractivity contribution in [1.29, 1.82) is 0 Å². The molecule has 0 bridgehead atoms. The minimum absolute atomic E-state index is 0.131. The fourth-order valence-corrected chi connectivity index (χ4v) is 7.00. The molecule has 32 heavy (non-hydrogen) atoms. The average molecular weight is 475 g/mol. The second kappa shape index (κ2) is 9.21. The molecule has 1 aromatic heterocycles. The lowest BCUT2D eigenvalue weighted by molar-refractivity contribution is -0.127. The van der Waals surface area contributed by atoms with E-state index in [2.05, 4.69) is 10.3 Å². The van der Waals surface area contributed by atoms with Crippen LogP contribution in [0.4, 0.5) is 0 Å². The number of likely N-dealkylation sites (N-methyl/N-ethyl adjacent to an activating group) is 1. The van der Waals surface area contributed by atoms with Gasteiger partial charge in [-0.25, -0.2) is 4.98 Å². The van der Waals surface area contributed by atoms with Gasteiger partial charge in [-0.3, -0.25) is 9.59 Å². The van der Waals surface area contributed by atoms with Crippen molar-refractivity contribution < 1.29 is 14.7 Å². The van der Waals surface area contributed by atoms with Crippen LogP contribution in [0.15, 0.2) is 52.0 Å². The molecule has 0 aromatic carbocycles. The van der Waals surface area contributed by atoms with Crippen LogP contribution in [0.1, 0.15) is 26.7 Å². The highest BCUT2D eigenvalue weighted by Gasteiger charge is 2.62. The molecule has 4 rings (SSSR count). The number of Topliss-reactive ketones (excluding diaryl/α,β-unsaturated/α-hetero) is 2. The Morgan fingerprint density at radius 3 is 2.78 bits per heavy atom. The maximum atomic E-state index is 13.4. The van der Waals surface area contributed by atoms with Crippen molar-refractivity contribution in [3.63, 3.8) is 0 Å². The third kappa shape index (κ3) is 3.79. The fraction of sp³-hybridized carbons (Fsp3) is 0.522. The Kier molecular flexibility index (Phi) is 6.72. The molecule has 3 aliphatic rings. The second-order valence-electron chi connectivity index (χ2n) is 8.70. The van der Waals surface area contributed by atoms with Gasteiger partial charge in [-0.05, 0) is 56.8 Å². The summed E-state index contributed by atoms with van der Waals surface area (Å²) in [6, 6.07) is 5.71. The van der Waals surface area contributed by atoms with E-state index < -0.39 is 11.6 Å². The molecule has 0 spiro atoms. The summed E-state index contributed by atoms with van der Waals surface area (Å²) in [6.45, 7) is 4.75. The Bertz CT molecular complexity index is 979. The molecule has 7 nitrogen and oxygen atoms in total. The Balaban J connectivity index is 1.40. The van der Waals surface area contributed by atoms with E-state index in [1.807, 2.05) is 44.1 Å². The molecule has 1 unspecified atom stereocenters. The number of aliphatic hydroxyl groups is 1. The van der Waals surface area contributed by atoms with Crippen LogP contribution in [0.25, 0.3) is 0 Å². The van der Waals surface area contributed by atoms with Crippen LogP contribution >= 0.6 is 21.6 Å². The summed E-state index contributed by atoms with van der Waals surface area (Å²) in [5.41, 5.74) is 0.453. The van der Waals surface area contributed by atoms with Crippen LogP contribution in [-0.2, 0) is 9.59 Å². The number of carbonyl (C=O) groups excluding carboxylic acids is 2. The van der Waals surface area contributed by atoms with E-state index in [1.54, 1.807) is 39.6 Å². The normalized spacial score (nSPS) is 27.5.